The Balaban J connectivity index is 2.14. The summed E-state index contributed by atoms with van der Waals surface area (Å²) in [5.41, 5.74) is 4.04. The fraction of sp³-hybridized carbons (Fsp3) is 0.333. The molecule has 0 fully saturated rings. The summed E-state index contributed by atoms with van der Waals surface area (Å²) in [6, 6.07) is 16.9. The van der Waals surface area contributed by atoms with Crippen LogP contribution in [0.25, 0.3) is 0 Å². The molecule has 6 heteroatoms. The Morgan fingerprint density at radius 3 is 2.27 bits per heavy atom. The first-order chi connectivity index (χ1) is 15.8. The highest BCUT2D eigenvalue weighted by Crippen LogP contribution is 2.43. The van der Waals surface area contributed by atoms with Crippen LogP contribution in [0.2, 0.25) is 0 Å². The zero-order valence-electron chi connectivity index (χ0n) is 20.0. The van der Waals surface area contributed by atoms with Crippen molar-refractivity contribution in [3.8, 4) is 0 Å². The molecule has 0 bridgehead atoms. The summed E-state index contributed by atoms with van der Waals surface area (Å²) in [6.45, 7) is 12.1. The van der Waals surface area contributed by atoms with Crippen LogP contribution in [0.15, 0.2) is 91.2 Å². The number of alkyl halides is 2. The molecule has 0 saturated heterocycles. The summed E-state index contributed by atoms with van der Waals surface area (Å²) in [5.74, 6) is 0.969. The molecule has 1 aliphatic rings. The van der Waals surface area contributed by atoms with Crippen molar-refractivity contribution in [1.82, 2.24) is 19.6 Å². The standard InChI is InChI=1S/C27H34F2N4/c1-7-18-31(5)20(3)24-27(30(4)8-2)32(6)26(23-16-14-22(15-17-23)25(28)29)33(24)19-21-12-10-9-11-13-21/h8-17,25-26H,2-3,7,18-19H2,1,4-6H3. The highest BCUT2D eigenvalue weighted by atomic mass is 19.3. The van der Waals surface area contributed by atoms with Gasteiger partial charge in [0.2, 0.25) is 0 Å². The van der Waals surface area contributed by atoms with Gasteiger partial charge in [-0.1, -0.05) is 74.7 Å². The van der Waals surface area contributed by atoms with E-state index in [1.165, 1.54) is 12.1 Å². The van der Waals surface area contributed by atoms with Gasteiger partial charge in [0.25, 0.3) is 6.43 Å². The van der Waals surface area contributed by atoms with Gasteiger partial charge in [0.05, 0.1) is 5.70 Å². The van der Waals surface area contributed by atoms with E-state index in [2.05, 4.69) is 54.0 Å². The molecule has 2 aromatic carbocycles. The van der Waals surface area contributed by atoms with Crippen molar-refractivity contribution >= 4 is 0 Å². The molecule has 1 heterocycles. The van der Waals surface area contributed by atoms with E-state index in [0.29, 0.717) is 6.54 Å². The molecule has 1 atom stereocenters. The summed E-state index contributed by atoms with van der Waals surface area (Å²) in [4.78, 5) is 8.63. The van der Waals surface area contributed by atoms with Gasteiger partial charge in [-0.2, -0.15) is 0 Å². The van der Waals surface area contributed by atoms with E-state index in [-0.39, 0.29) is 11.7 Å². The van der Waals surface area contributed by atoms with Crippen molar-refractivity contribution in [2.24, 2.45) is 0 Å². The van der Waals surface area contributed by atoms with E-state index in [9.17, 15) is 8.78 Å². The average Bonchev–Trinajstić information content (AvgIpc) is 3.10. The predicted octanol–water partition coefficient (Wildman–Crippen LogP) is 6.17. The molecule has 0 saturated carbocycles. The molecule has 176 valence electrons. The SMILES string of the molecule is C=CN(C)C1=C(C(=C)N(C)CCC)N(Cc2ccccc2)C(c2ccc(C(F)F)cc2)N1C. The van der Waals surface area contributed by atoms with E-state index in [1.807, 2.05) is 37.2 Å². The third kappa shape index (κ3) is 5.05. The Morgan fingerprint density at radius 2 is 1.73 bits per heavy atom. The van der Waals surface area contributed by atoms with Gasteiger partial charge in [-0.3, -0.25) is 0 Å². The number of rotatable bonds is 10. The minimum absolute atomic E-state index is 0.0257. The van der Waals surface area contributed by atoms with Crippen molar-refractivity contribution in [1.29, 1.82) is 0 Å². The van der Waals surface area contributed by atoms with Crippen molar-refractivity contribution in [2.75, 3.05) is 27.7 Å². The van der Waals surface area contributed by atoms with Crippen LogP contribution < -0.4 is 0 Å². The summed E-state index contributed by atoms with van der Waals surface area (Å²) >= 11 is 0. The van der Waals surface area contributed by atoms with Crippen molar-refractivity contribution in [3.63, 3.8) is 0 Å². The molecule has 1 unspecified atom stereocenters. The third-order valence-electron chi connectivity index (χ3n) is 6.08. The molecule has 0 aromatic heterocycles. The molecule has 33 heavy (non-hydrogen) atoms. The lowest BCUT2D eigenvalue weighted by Gasteiger charge is -2.35. The lowest BCUT2D eigenvalue weighted by molar-refractivity contribution is 0.141. The number of benzene rings is 2. The Morgan fingerprint density at radius 1 is 1.09 bits per heavy atom. The van der Waals surface area contributed by atoms with Gasteiger partial charge in [0.1, 0.15) is 17.7 Å². The van der Waals surface area contributed by atoms with Crippen LogP contribution in [0.1, 0.15) is 42.6 Å². The molecule has 2 aromatic rings. The molecule has 0 aliphatic carbocycles. The van der Waals surface area contributed by atoms with E-state index in [1.54, 1.807) is 18.3 Å². The normalized spacial score (nSPS) is 15.9. The lowest BCUT2D eigenvalue weighted by Crippen LogP contribution is -2.33. The van der Waals surface area contributed by atoms with Crippen LogP contribution in [-0.4, -0.2) is 47.3 Å². The second-order valence-corrected chi connectivity index (χ2v) is 8.40. The number of nitrogens with zero attached hydrogens (tertiary/aromatic N) is 4. The maximum Gasteiger partial charge on any atom is 0.263 e. The molecule has 0 spiro atoms. The van der Waals surface area contributed by atoms with E-state index < -0.39 is 6.43 Å². The fourth-order valence-electron chi connectivity index (χ4n) is 4.35. The van der Waals surface area contributed by atoms with Gasteiger partial charge in [-0.15, -0.1) is 0 Å². The molecular weight excluding hydrogens is 418 g/mol. The predicted molar refractivity (Wildman–Crippen MR) is 131 cm³/mol. The van der Waals surface area contributed by atoms with E-state index in [0.717, 1.165) is 41.3 Å². The molecule has 0 amide bonds. The maximum atomic E-state index is 13.2. The zero-order chi connectivity index (χ0) is 24.1. The van der Waals surface area contributed by atoms with E-state index >= 15 is 0 Å². The summed E-state index contributed by atoms with van der Waals surface area (Å²) in [7, 11) is 6.05. The molecule has 0 radical (unpaired) electrons. The van der Waals surface area contributed by atoms with Gasteiger partial charge in [-0.05, 0) is 23.7 Å². The molecule has 0 N–H and O–H groups in total. The number of halogens is 2. The van der Waals surface area contributed by atoms with Gasteiger partial charge >= 0.3 is 0 Å². The van der Waals surface area contributed by atoms with E-state index in [4.69, 9.17) is 0 Å². The smallest absolute Gasteiger partial charge is 0.263 e. The summed E-state index contributed by atoms with van der Waals surface area (Å²) in [5, 5.41) is 0. The second kappa shape index (κ2) is 10.6. The number of likely N-dealkylation sites (N-methyl/N-ethyl adjacent to an activating group) is 1. The first-order valence-corrected chi connectivity index (χ1v) is 11.2. The van der Waals surface area contributed by atoms with Crippen molar-refractivity contribution in [3.05, 3.63) is 108 Å². The largest absolute Gasteiger partial charge is 0.373 e. The van der Waals surface area contributed by atoms with Crippen LogP contribution in [0, 0.1) is 0 Å². The average molecular weight is 453 g/mol. The molecular formula is C27H34F2N4. The quantitative estimate of drug-likeness (QED) is 0.427. The summed E-state index contributed by atoms with van der Waals surface area (Å²) in [6.07, 6.45) is 0.111. The fourth-order valence-corrected chi connectivity index (χ4v) is 4.35. The Bertz CT molecular complexity index is 985. The molecule has 1 aliphatic heterocycles. The van der Waals surface area contributed by atoms with Crippen LogP contribution in [0.5, 0.6) is 0 Å². The van der Waals surface area contributed by atoms with Crippen LogP contribution in [0.3, 0.4) is 0 Å². The summed E-state index contributed by atoms with van der Waals surface area (Å²) < 4.78 is 26.4. The van der Waals surface area contributed by atoms with Gasteiger partial charge < -0.3 is 19.6 Å². The number of hydrogen-bond acceptors (Lipinski definition) is 4. The van der Waals surface area contributed by atoms with Gasteiger partial charge in [0, 0.05) is 39.8 Å². The topological polar surface area (TPSA) is 13.0 Å². The van der Waals surface area contributed by atoms with Gasteiger partial charge in [-0.25, -0.2) is 8.78 Å². The molecule has 4 nitrogen and oxygen atoms in total. The second-order valence-electron chi connectivity index (χ2n) is 8.40. The van der Waals surface area contributed by atoms with Crippen LogP contribution >= 0.6 is 0 Å². The Labute approximate surface area is 196 Å². The maximum absolute atomic E-state index is 13.2. The number of hydrogen-bond donors (Lipinski definition) is 0. The van der Waals surface area contributed by atoms with Crippen molar-refractivity contribution in [2.45, 2.75) is 32.5 Å². The Hall–Kier alpha value is -3.28. The van der Waals surface area contributed by atoms with Crippen LogP contribution in [0.4, 0.5) is 8.78 Å². The lowest BCUT2D eigenvalue weighted by atomic mass is 10.1. The first-order valence-electron chi connectivity index (χ1n) is 11.2. The minimum atomic E-state index is -2.49. The minimum Gasteiger partial charge on any atom is -0.373 e. The van der Waals surface area contributed by atoms with Crippen LogP contribution in [-0.2, 0) is 6.54 Å². The monoisotopic (exact) mass is 452 g/mol. The highest BCUT2D eigenvalue weighted by Gasteiger charge is 2.40. The zero-order valence-corrected chi connectivity index (χ0v) is 20.0. The third-order valence-corrected chi connectivity index (χ3v) is 6.08. The first kappa shape index (κ1) is 24.4. The molecule has 3 rings (SSSR count). The Kier molecular flexibility index (Phi) is 7.79. The highest BCUT2D eigenvalue weighted by molar-refractivity contribution is 5.39. The van der Waals surface area contributed by atoms with Crippen molar-refractivity contribution < 1.29 is 8.78 Å². The van der Waals surface area contributed by atoms with Gasteiger partial charge in [0.15, 0.2) is 0 Å².